The van der Waals surface area contributed by atoms with Gasteiger partial charge in [-0.1, -0.05) is 56.6 Å². The van der Waals surface area contributed by atoms with Crippen LogP contribution in [0.4, 0.5) is 5.95 Å². The van der Waals surface area contributed by atoms with Gasteiger partial charge in [0.25, 0.3) is 0 Å². The molecule has 0 spiro atoms. The van der Waals surface area contributed by atoms with Gasteiger partial charge >= 0.3 is 0 Å². The predicted octanol–water partition coefficient (Wildman–Crippen LogP) is 2.85. The first-order valence-corrected chi connectivity index (χ1v) is 16.2. The number of halogens is 1. The summed E-state index contributed by atoms with van der Waals surface area (Å²) >= 11 is 6.17. The van der Waals surface area contributed by atoms with Gasteiger partial charge in [-0.05, 0) is 67.0 Å². The Morgan fingerprint density at radius 2 is 1.72 bits per heavy atom. The van der Waals surface area contributed by atoms with Gasteiger partial charge < -0.3 is 31.1 Å². The smallest absolute Gasteiger partial charge is 0.244 e. The molecule has 0 saturated carbocycles. The maximum atomic E-state index is 13.9. The van der Waals surface area contributed by atoms with Crippen molar-refractivity contribution in [1.82, 2.24) is 31.2 Å². The molecule has 0 fully saturated rings. The lowest BCUT2D eigenvalue weighted by atomic mass is 9.99. The number of aromatic hydroxyl groups is 1. The fourth-order valence-corrected chi connectivity index (χ4v) is 5.45. The van der Waals surface area contributed by atoms with Gasteiger partial charge in [0.2, 0.25) is 23.7 Å². The zero-order chi connectivity index (χ0) is 33.9. The normalized spacial score (nSPS) is 23.3. The van der Waals surface area contributed by atoms with Crippen LogP contribution >= 0.6 is 11.6 Å². The molecule has 12 nitrogen and oxygen atoms in total. The van der Waals surface area contributed by atoms with Crippen molar-refractivity contribution in [2.24, 2.45) is 11.8 Å². The molecule has 0 aliphatic carbocycles. The number of phenols is 1. The second-order valence-electron chi connectivity index (χ2n) is 12.3. The Kier molecular flexibility index (Phi) is 12.8. The number of nitrogens with one attached hydrogen (secondary N) is 5. The summed E-state index contributed by atoms with van der Waals surface area (Å²) in [6.45, 7) is 8.26. The molecule has 0 unspecified atom stereocenters. The van der Waals surface area contributed by atoms with Crippen molar-refractivity contribution in [3.8, 4) is 11.5 Å². The van der Waals surface area contributed by atoms with E-state index < -0.39 is 29.9 Å². The molecule has 5 atom stereocenters. The first-order chi connectivity index (χ1) is 22.5. The summed E-state index contributed by atoms with van der Waals surface area (Å²) in [5.41, 5.74) is 1.70. The fourth-order valence-electron chi connectivity index (χ4n) is 5.25. The van der Waals surface area contributed by atoms with Crippen LogP contribution in [-0.4, -0.2) is 76.7 Å². The number of nitrogens with zero attached hydrogens (tertiary/aromatic N) is 2. The molecule has 1 aliphatic rings. The summed E-state index contributed by atoms with van der Waals surface area (Å²) < 4.78 is 6.23. The third-order valence-electron chi connectivity index (χ3n) is 7.82. The number of para-hydroxylation sites is 1. The van der Waals surface area contributed by atoms with Gasteiger partial charge in [0.05, 0.1) is 11.1 Å². The van der Waals surface area contributed by atoms with Gasteiger partial charge in [0.1, 0.15) is 30.2 Å². The zero-order valence-corrected chi connectivity index (χ0v) is 27.9. The average molecular weight is 666 g/mol. The van der Waals surface area contributed by atoms with Crippen LogP contribution in [0.25, 0.3) is 0 Å². The summed E-state index contributed by atoms with van der Waals surface area (Å²) in [5.74, 6) is -0.573. The van der Waals surface area contributed by atoms with Crippen molar-refractivity contribution in [2.45, 2.75) is 64.7 Å². The minimum Gasteiger partial charge on any atom is -0.506 e. The largest absolute Gasteiger partial charge is 0.506 e. The fraction of sp³-hybridized carbons (Fsp3) is 0.441. The van der Waals surface area contributed by atoms with Gasteiger partial charge in [0.15, 0.2) is 0 Å². The minimum atomic E-state index is -0.987. The van der Waals surface area contributed by atoms with Crippen molar-refractivity contribution in [3.05, 3.63) is 77.1 Å². The highest BCUT2D eigenvalue weighted by Gasteiger charge is 2.32. The first kappa shape index (κ1) is 35.4. The molecule has 1 aromatic heterocycles. The van der Waals surface area contributed by atoms with E-state index in [1.807, 2.05) is 52.0 Å². The molecule has 6 N–H and O–H groups in total. The lowest BCUT2D eigenvalue weighted by Gasteiger charge is -2.29. The minimum absolute atomic E-state index is 0.0225. The number of rotatable bonds is 6. The van der Waals surface area contributed by atoms with E-state index in [1.165, 1.54) is 6.07 Å². The van der Waals surface area contributed by atoms with Crippen LogP contribution in [0.3, 0.4) is 0 Å². The van der Waals surface area contributed by atoms with Crippen LogP contribution in [0.2, 0.25) is 5.02 Å². The van der Waals surface area contributed by atoms with E-state index in [0.717, 1.165) is 11.3 Å². The number of amides is 3. The third kappa shape index (κ3) is 10.5. The van der Waals surface area contributed by atoms with E-state index in [4.69, 9.17) is 16.3 Å². The van der Waals surface area contributed by atoms with E-state index in [9.17, 15) is 19.5 Å². The van der Waals surface area contributed by atoms with Crippen LogP contribution in [0.1, 0.15) is 38.8 Å². The van der Waals surface area contributed by atoms with E-state index >= 15 is 0 Å². The Hall–Kier alpha value is -4.42. The lowest BCUT2D eigenvalue weighted by Crippen LogP contribution is -2.60. The topological polar surface area (TPSA) is 167 Å². The Morgan fingerprint density at radius 1 is 0.979 bits per heavy atom. The second kappa shape index (κ2) is 16.9. The van der Waals surface area contributed by atoms with E-state index in [-0.39, 0.29) is 54.1 Å². The number of ether oxygens (including phenoxy) is 1. The van der Waals surface area contributed by atoms with Crippen LogP contribution in [0.5, 0.6) is 11.5 Å². The molecule has 3 amide bonds. The highest BCUT2D eigenvalue weighted by molar-refractivity contribution is 6.32. The quantitative estimate of drug-likeness (QED) is 0.232. The van der Waals surface area contributed by atoms with Crippen LogP contribution in [0, 0.1) is 11.8 Å². The summed E-state index contributed by atoms with van der Waals surface area (Å²) in [5, 5.41) is 25.2. The molecule has 47 heavy (non-hydrogen) atoms. The predicted molar refractivity (Wildman–Crippen MR) is 180 cm³/mol. The number of phenolic OH excluding ortho intramolecular Hbond substituents is 1. The highest BCUT2D eigenvalue weighted by Crippen LogP contribution is 2.25. The van der Waals surface area contributed by atoms with E-state index in [1.54, 1.807) is 30.6 Å². The Labute approximate surface area is 280 Å². The monoisotopic (exact) mass is 665 g/mol. The third-order valence-corrected chi connectivity index (χ3v) is 8.12. The molecular formula is C34H44ClN7O5. The van der Waals surface area contributed by atoms with Gasteiger partial charge in [-0.25, -0.2) is 9.97 Å². The Morgan fingerprint density at radius 3 is 2.45 bits per heavy atom. The van der Waals surface area contributed by atoms with Crippen LogP contribution in [0.15, 0.2) is 60.9 Å². The van der Waals surface area contributed by atoms with Crippen molar-refractivity contribution >= 4 is 35.3 Å². The molecule has 0 saturated heterocycles. The number of aromatic nitrogens is 2. The van der Waals surface area contributed by atoms with E-state index in [0.29, 0.717) is 24.5 Å². The molecule has 4 rings (SSSR count). The zero-order valence-electron chi connectivity index (χ0n) is 27.1. The van der Waals surface area contributed by atoms with Gasteiger partial charge in [0, 0.05) is 31.5 Å². The highest BCUT2D eigenvalue weighted by atomic mass is 35.5. The molecule has 1 aliphatic heterocycles. The number of benzene rings is 2. The van der Waals surface area contributed by atoms with Crippen molar-refractivity contribution in [1.29, 1.82) is 0 Å². The Balaban J connectivity index is 1.64. The number of anilines is 1. The lowest BCUT2D eigenvalue weighted by molar-refractivity contribution is -0.133. The van der Waals surface area contributed by atoms with Crippen molar-refractivity contribution < 1.29 is 24.2 Å². The molecule has 2 heterocycles. The standard InChI is InChI=1S/C34H44ClN7O5/c1-20(2)30-33(46)41-27(18-39-34-36-12-7-13-37-34)31(44)38-17-21(3)14-24-8-5-6-9-29(24)47-19-22(4)40-26(32(45)42-30)16-23-10-11-28(43)25(35)15-23/h5-13,15,20-22,26-27,30,40,43H,14,16-19H2,1-4H3,(H,38,44)(H,41,46)(H,42,45)(H,36,37,39)/t21-,22-,26+,27-,30+/m0/s1. The van der Waals surface area contributed by atoms with Crippen molar-refractivity contribution in [3.63, 3.8) is 0 Å². The maximum absolute atomic E-state index is 13.9. The number of hydrogen-bond acceptors (Lipinski definition) is 9. The number of carbonyl (C=O) groups excluding carboxylic acids is 3. The molecule has 0 radical (unpaired) electrons. The van der Waals surface area contributed by atoms with E-state index in [2.05, 4.69) is 36.6 Å². The molecule has 252 valence electrons. The SMILES string of the molecule is CC(C)[C@H]1NC(=O)[C@@H](Cc2ccc(O)c(Cl)c2)N[C@@H](C)COc2ccccc2C[C@H](C)CNC(=O)[C@H](CNc2ncccn2)NC1=O. The van der Waals surface area contributed by atoms with Gasteiger partial charge in [-0.2, -0.15) is 0 Å². The van der Waals surface area contributed by atoms with Gasteiger partial charge in [-0.3, -0.25) is 19.7 Å². The summed E-state index contributed by atoms with van der Waals surface area (Å²) in [4.78, 5) is 49.4. The summed E-state index contributed by atoms with van der Waals surface area (Å²) in [6.07, 6.45) is 4.02. The summed E-state index contributed by atoms with van der Waals surface area (Å²) in [6, 6.07) is 11.2. The Bertz CT molecular complexity index is 1510. The average Bonchev–Trinajstić information content (AvgIpc) is 3.05. The van der Waals surface area contributed by atoms with Crippen LogP contribution in [-0.2, 0) is 27.2 Å². The number of fused-ring (bicyclic) bond motifs is 1. The van der Waals surface area contributed by atoms with Crippen molar-refractivity contribution in [2.75, 3.05) is 25.0 Å². The number of hydrogen-bond donors (Lipinski definition) is 6. The molecule has 2 aromatic carbocycles. The maximum Gasteiger partial charge on any atom is 0.244 e. The molecule has 3 aromatic rings. The number of carbonyl (C=O) groups is 3. The molecule has 0 bridgehead atoms. The van der Waals surface area contributed by atoms with Crippen LogP contribution < -0.4 is 31.3 Å². The van der Waals surface area contributed by atoms with Gasteiger partial charge in [-0.15, -0.1) is 0 Å². The molecular weight excluding hydrogens is 622 g/mol. The first-order valence-electron chi connectivity index (χ1n) is 15.8. The second-order valence-corrected chi connectivity index (χ2v) is 12.7. The molecule has 13 heteroatoms. The summed E-state index contributed by atoms with van der Waals surface area (Å²) in [7, 11) is 0.